The largest absolute Gasteiger partial charge is 0.376 e. The van der Waals surface area contributed by atoms with Gasteiger partial charge in [0.25, 0.3) is 0 Å². The van der Waals surface area contributed by atoms with Crippen LogP contribution >= 0.6 is 0 Å². The molecule has 2 heterocycles. The molecule has 2 fully saturated rings. The number of hydrogen-bond donors (Lipinski definition) is 0. The molecule has 17 heavy (non-hydrogen) atoms. The highest BCUT2D eigenvalue weighted by Crippen LogP contribution is 2.16. The van der Waals surface area contributed by atoms with E-state index in [1.54, 1.807) is 0 Å². The van der Waals surface area contributed by atoms with Gasteiger partial charge in [-0.1, -0.05) is 6.92 Å². The van der Waals surface area contributed by atoms with Crippen molar-refractivity contribution in [2.24, 2.45) is 0 Å². The van der Waals surface area contributed by atoms with Gasteiger partial charge in [-0.05, 0) is 26.2 Å². The summed E-state index contributed by atoms with van der Waals surface area (Å²) in [6.45, 7) is 7.53. The molecule has 4 nitrogen and oxygen atoms in total. The van der Waals surface area contributed by atoms with Crippen LogP contribution in [0.5, 0.6) is 0 Å². The van der Waals surface area contributed by atoms with Crippen molar-refractivity contribution >= 4 is 0 Å². The zero-order valence-corrected chi connectivity index (χ0v) is 10.9. The van der Waals surface area contributed by atoms with E-state index in [1.807, 2.05) is 0 Å². The van der Waals surface area contributed by atoms with Crippen LogP contribution in [0.2, 0.25) is 0 Å². The highest BCUT2D eigenvalue weighted by molar-refractivity contribution is 4.70. The van der Waals surface area contributed by atoms with E-state index in [0.717, 1.165) is 45.7 Å². The molecule has 0 amide bonds. The molecule has 4 unspecified atom stereocenters. The molecule has 100 valence electrons. The molecule has 0 aromatic heterocycles. The predicted molar refractivity (Wildman–Crippen MR) is 64.2 cm³/mol. The Bertz CT molecular complexity index is 213. The fourth-order valence-corrected chi connectivity index (χ4v) is 1.75. The quantitative estimate of drug-likeness (QED) is 0.549. The minimum Gasteiger partial charge on any atom is -0.376 e. The molecule has 0 aliphatic carbocycles. The summed E-state index contributed by atoms with van der Waals surface area (Å²) >= 11 is 0. The average Bonchev–Trinajstić information content (AvgIpc) is 3.19. The summed E-state index contributed by atoms with van der Waals surface area (Å²) in [5, 5.41) is 0. The molecule has 0 radical (unpaired) electrons. The second-order valence-corrected chi connectivity index (χ2v) is 5.00. The Morgan fingerprint density at radius 1 is 1.06 bits per heavy atom. The monoisotopic (exact) mass is 244 g/mol. The van der Waals surface area contributed by atoms with Crippen LogP contribution < -0.4 is 0 Å². The zero-order chi connectivity index (χ0) is 12.1. The predicted octanol–water partition coefficient (Wildman–Crippen LogP) is 1.76. The van der Waals surface area contributed by atoms with E-state index in [0.29, 0.717) is 24.4 Å². The normalized spacial score (nSPS) is 30.0. The fraction of sp³-hybridized carbons (Fsp3) is 1.00. The van der Waals surface area contributed by atoms with E-state index in [2.05, 4.69) is 13.8 Å². The molecule has 0 N–H and O–H groups in total. The van der Waals surface area contributed by atoms with Crippen LogP contribution in [0.4, 0.5) is 0 Å². The lowest BCUT2D eigenvalue weighted by molar-refractivity contribution is 0.00833. The highest BCUT2D eigenvalue weighted by Gasteiger charge is 2.25. The minimum absolute atomic E-state index is 0.300. The highest BCUT2D eigenvalue weighted by atomic mass is 16.6. The second-order valence-electron chi connectivity index (χ2n) is 5.00. The first-order valence-corrected chi connectivity index (χ1v) is 6.74. The van der Waals surface area contributed by atoms with Crippen molar-refractivity contribution in [1.82, 2.24) is 0 Å². The first-order chi connectivity index (χ1) is 8.28. The van der Waals surface area contributed by atoms with E-state index in [9.17, 15) is 0 Å². The van der Waals surface area contributed by atoms with Gasteiger partial charge in [0, 0.05) is 0 Å². The maximum atomic E-state index is 5.80. The van der Waals surface area contributed by atoms with Crippen LogP contribution in [0.15, 0.2) is 0 Å². The lowest BCUT2D eigenvalue weighted by Crippen LogP contribution is -2.19. The lowest BCUT2D eigenvalue weighted by Gasteiger charge is -2.18. The molecule has 2 rings (SSSR count). The van der Waals surface area contributed by atoms with E-state index in [4.69, 9.17) is 18.9 Å². The lowest BCUT2D eigenvalue weighted by atomic mass is 10.1. The minimum atomic E-state index is 0.300. The number of epoxide rings is 2. The average molecular weight is 244 g/mol. The van der Waals surface area contributed by atoms with Gasteiger partial charge in [0.2, 0.25) is 0 Å². The number of ether oxygens (including phenoxy) is 4. The van der Waals surface area contributed by atoms with Crippen LogP contribution in [0.3, 0.4) is 0 Å². The summed E-state index contributed by atoms with van der Waals surface area (Å²) in [7, 11) is 0. The van der Waals surface area contributed by atoms with E-state index in [-0.39, 0.29) is 0 Å². The van der Waals surface area contributed by atoms with Crippen molar-refractivity contribution in [1.29, 1.82) is 0 Å². The maximum absolute atomic E-state index is 5.80. The summed E-state index contributed by atoms with van der Waals surface area (Å²) in [6, 6.07) is 0. The first-order valence-electron chi connectivity index (χ1n) is 6.74. The molecule has 0 spiro atoms. The summed E-state index contributed by atoms with van der Waals surface area (Å²) in [4.78, 5) is 0. The Labute approximate surface area is 104 Å². The third kappa shape index (κ3) is 5.82. The van der Waals surface area contributed by atoms with Crippen LogP contribution in [0.1, 0.15) is 33.1 Å². The van der Waals surface area contributed by atoms with Gasteiger partial charge in [0.15, 0.2) is 0 Å². The van der Waals surface area contributed by atoms with Gasteiger partial charge in [-0.15, -0.1) is 0 Å². The van der Waals surface area contributed by atoms with Gasteiger partial charge in [-0.25, -0.2) is 0 Å². The van der Waals surface area contributed by atoms with Crippen molar-refractivity contribution in [2.75, 3.05) is 26.4 Å². The van der Waals surface area contributed by atoms with Crippen molar-refractivity contribution in [3.63, 3.8) is 0 Å². The standard InChI is InChI=1S/C13H24O4/c1-3-11(15-7-13-9-17-13)5-4-10(2)14-6-12-8-16-12/h10-13H,3-9H2,1-2H3. The Balaban J connectivity index is 1.50. The molecule has 0 saturated carbocycles. The van der Waals surface area contributed by atoms with Crippen LogP contribution in [0.25, 0.3) is 0 Å². The third-order valence-corrected chi connectivity index (χ3v) is 3.24. The molecule has 4 atom stereocenters. The molecule has 2 aliphatic heterocycles. The van der Waals surface area contributed by atoms with E-state index >= 15 is 0 Å². The Morgan fingerprint density at radius 3 is 2.18 bits per heavy atom. The van der Waals surface area contributed by atoms with Gasteiger partial charge >= 0.3 is 0 Å². The van der Waals surface area contributed by atoms with E-state index in [1.165, 1.54) is 0 Å². The fourth-order valence-electron chi connectivity index (χ4n) is 1.75. The molecular formula is C13H24O4. The SMILES string of the molecule is CCC(CCC(C)OCC1CO1)OCC1CO1. The van der Waals surface area contributed by atoms with Gasteiger partial charge < -0.3 is 18.9 Å². The molecule has 0 bridgehead atoms. The summed E-state index contributed by atoms with van der Waals surface area (Å²) in [5.74, 6) is 0. The summed E-state index contributed by atoms with van der Waals surface area (Å²) in [6.07, 6.45) is 4.56. The number of hydrogen-bond acceptors (Lipinski definition) is 4. The molecular weight excluding hydrogens is 220 g/mol. The topological polar surface area (TPSA) is 43.5 Å². The summed E-state index contributed by atoms with van der Waals surface area (Å²) in [5.41, 5.74) is 0. The third-order valence-electron chi connectivity index (χ3n) is 3.24. The van der Waals surface area contributed by atoms with Crippen molar-refractivity contribution in [3.05, 3.63) is 0 Å². The first kappa shape index (κ1) is 13.3. The Hall–Kier alpha value is -0.160. The van der Waals surface area contributed by atoms with Crippen LogP contribution in [-0.2, 0) is 18.9 Å². The van der Waals surface area contributed by atoms with Crippen LogP contribution in [-0.4, -0.2) is 50.8 Å². The van der Waals surface area contributed by atoms with Crippen LogP contribution in [0, 0.1) is 0 Å². The van der Waals surface area contributed by atoms with Crippen molar-refractivity contribution < 1.29 is 18.9 Å². The molecule has 2 saturated heterocycles. The van der Waals surface area contributed by atoms with E-state index < -0.39 is 0 Å². The molecule has 0 aromatic carbocycles. The molecule has 4 heteroatoms. The van der Waals surface area contributed by atoms with Gasteiger partial charge in [0.1, 0.15) is 12.2 Å². The Kier molecular flexibility index (Phi) is 5.22. The van der Waals surface area contributed by atoms with Crippen molar-refractivity contribution in [2.45, 2.75) is 57.5 Å². The zero-order valence-electron chi connectivity index (χ0n) is 10.9. The number of rotatable bonds is 10. The summed E-state index contributed by atoms with van der Waals surface area (Å²) < 4.78 is 21.7. The maximum Gasteiger partial charge on any atom is 0.104 e. The van der Waals surface area contributed by atoms with Crippen molar-refractivity contribution in [3.8, 4) is 0 Å². The van der Waals surface area contributed by atoms with Gasteiger partial charge in [-0.3, -0.25) is 0 Å². The van der Waals surface area contributed by atoms with Gasteiger partial charge in [0.05, 0.1) is 38.6 Å². The molecule has 2 aliphatic rings. The second kappa shape index (κ2) is 6.69. The smallest absolute Gasteiger partial charge is 0.104 e. The molecule has 0 aromatic rings. The van der Waals surface area contributed by atoms with Gasteiger partial charge in [-0.2, -0.15) is 0 Å². The Morgan fingerprint density at radius 2 is 1.65 bits per heavy atom.